The summed E-state index contributed by atoms with van der Waals surface area (Å²) in [5, 5.41) is 3.40. The SMILES string of the molecule is CN(C)c1cccc(C(=O)Cc2cc(CN3CCNCC3)cc(-c3nc4ncccc4o3)c2)c1. The van der Waals surface area contributed by atoms with Crippen molar-refractivity contribution in [1.82, 2.24) is 20.2 Å². The fraction of sp³-hybridized carbons (Fsp3) is 0.296. The van der Waals surface area contributed by atoms with Crippen LogP contribution in [0.25, 0.3) is 22.7 Å². The number of ketones is 1. The van der Waals surface area contributed by atoms with E-state index in [2.05, 4.69) is 32.3 Å². The van der Waals surface area contributed by atoms with Crippen LogP contribution in [0.15, 0.2) is 65.2 Å². The number of nitrogens with one attached hydrogen (secondary N) is 1. The van der Waals surface area contributed by atoms with Gasteiger partial charge in [-0.2, -0.15) is 4.98 Å². The second kappa shape index (κ2) is 9.75. The van der Waals surface area contributed by atoms with Gasteiger partial charge >= 0.3 is 0 Å². The van der Waals surface area contributed by atoms with Gasteiger partial charge in [0.1, 0.15) is 0 Å². The van der Waals surface area contributed by atoms with Crippen LogP contribution in [0.3, 0.4) is 0 Å². The fourth-order valence-electron chi connectivity index (χ4n) is 4.34. The van der Waals surface area contributed by atoms with Crippen LogP contribution in [0.5, 0.6) is 0 Å². The number of fused-ring (bicyclic) bond motifs is 1. The largest absolute Gasteiger partial charge is 0.434 e. The number of carbonyl (C=O) groups excluding carboxylic acids is 1. The third kappa shape index (κ3) is 5.00. The second-order valence-electron chi connectivity index (χ2n) is 8.95. The summed E-state index contributed by atoms with van der Waals surface area (Å²) in [7, 11) is 3.95. The first kappa shape index (κ1) is 22.3. The molecule has 1 fully saturated rings. The normalized spacial score (nSPS) is 14.4. The van der Waals surface area contributed by atoms with Crippen LogP contribution in [0.2, 0.25) is 0 Å². The molecule has 0 bridgehead atoms. The highest BCUT2D eigenvalue weighted by molar-refractivity contribution is 5.98. The number of oxazole rings is 1. The van der Waals surface area contributed by atoms with Gasteiger partial charge in [0.15, 0.2) is 17.0 Å². The monoisotopic (exact) mass is 455 g/mol. The lowest BCUT2D eigenvalue weighted by Crippen LogP contribution is -2.42. The number of pyridine rings is 1. The smallest absolute Gasteiger partial charge is 0.228 e. The molecular formula is C27H29N5O2. The molecule has 7 nitrogen and oxygen atoms in total. The molecule has 0 saturated carbocycles. The highest BCUT2D eigenvalue weighted by atomic mass is 16.3. The van der Waals surface area contributed by atoms with Crippen LogP contribution < -0.4 is 10.2 Å². The summed E-state index contributed by atoms with van der Waals surface area (Å²) in [4.78, 5) is 26.5. The molecule has 1 aliphatic heterocycles. The first-order valence-corrected chi connectivity index (χ1v) is 11.6. The van der Waals surface area contributed by atoms with Gasteiger partial charge in [-0.15, -0.1) is 0 Å². The number of hydrogen-bond donors (Lipinski definition) is 1. The van der Waals surface area contributed by atoms with Gasteiger partial charge in [-0.05, 0) is 47.5 Å². The maximum atomic E-state index is 13.2. The quantitative estimate of drug-likeness (QED) is 0.425. The van der Waals surface area contributed by atoms with E-state index in [4.69, 9.17) is 4.42 Å². The van der Waals surface area contributed by atoms with E-state index in [-0.39, 0.29) is 5.78 Å². The number of Topliss-reactive ketones (excluding diaryl/α,β-unsaturated/α-hetero) is 1. The molecule has 0 spiro atoms. The topological polar surface area (TPSA) is 74.5 Å². The van der Waals surface area contributed by atoms with E-state index in [9.17, 15) is 4.79 Å². The number of rotatable bonds is 7. The van der Waals surface area contributed by atoms with E-state index >= 15 is 0 Å². The van der Waals surface area contributed by atoms with Gasteiger partial charge in [0, 0.05) is 76.3 Å². The van der Waals surface area contributed by atoms with Crippen LogP contribution in [0, 0.1) is 0 Å². The molecule has 34 heavy (non-hydrogen) atoms. The van der Waals surface area contributed by atoms with Crippen molar-refractivity contribution in [3.8, 4) is 11.5 Å². The molecule has 0 amide bonds. The van der Waals surface area contributed by atoms with E-state index < -0.39 is 0 Å². The zero-order chi connectivity index (χ0) is 23.5. The number of aromatic nitrogens is 2. The van der Waals surface area contributed by atoms with Crippen molar-refractivity contribution in [2.45, 2.75) is 13.0 Å². The lowest BCUT2D eigenvalue weighted by Gasteiger charge is -2.27. The Hall–Kier alpha value is -3.55. The number of hydrogen-bond acceptors (Lipinski definition) is 7. The third-order valence-electron chi connectivity index (χ3n) is 6.13. The van der Waals surface area contributed by atoms with Crippen LogP contribution >= 0.6 is 0 Å². The van der Waals surface area contributed by atoms with Crippen molar-refractivity contribution in [3.05, 3.63) is 77.5 Å². The highest BCUT2D eigenvalue weighted by Crippen LogP contribution is 2.27. The Morgan fingerprint density at radius 3 is 2.68 bits per heavy atom. The molecule has 5 rings (SSSR count). The third-order valence-corrected chi connectivity index (χ3v) is 6.13. The van der Waals surface area contributed by atoms with Crippen molar-refractivity contribution in [2.75, 3.05) is 45.2 Å². The van der Waals surface area contributed by atoms with Crippen molar-refractivity contribution >= 4 is 22.7 Å². The number of piperazine rings is 1. The molecule has 2 aromatic heterocycles. The lowest BCUT2D eigenvalue weighted by atomic mass is 9.98. The predicted octanol–water partition coefficient (Wildman–Crippen LogP) is 3.79. The van der Waals surface area contributed by atoms with Crippen molar-refractivity contribution in [3.63, 3.8) is 0 Å². The van der Waals surface area contributed by atoms with E-state index in [1.54, 1.807) is 6.20 Å². The maximum Gasteiger partial charge on any atom is 0.228 e. The number of nitrogens with zero attached hydrogens (tertiary/aromatic N) is 4. The summed E-state index contributed by atoms with van der Waals surface area (Å²) < 4.78 is 6.00. The van der Waals surface area contributed by atoms with Crippen LogP contribution in [0.4, 0.5) is 5.69 Å². The van der Waals surface area contributed by atoms with E-state index in [0.717, 1.165) is 55.1 Å². The highest BCUT2D eigenvalue weighted by Gasteiger charge is 2.16. The summed E-state index contributed by atoms with van der Waals surface area (Å²) in [6.07, 6.45) is 2.03. The first-order valence-electron chi connectivity index (χ1n) is 11.6. The molecule has 0 unspecified atom stereocenters. The number of anilines is 1. The van der Waals surface area contributed by atoms with Crippen molar-refractivity contribution < 1.29 is 9.21 Å². The molecule has 3 heterocycles. The summed E-state index contributed by atoms with van der Waals surface area (Å²) in [5.74, 6) is 0.618. The summed E-state index contributed by atoms with van der Waals surface area (Å²) >= 11 is 0. The Labute approximate surface area is 199 Å². The minimum atomic E-state index is 0.0909. The van der Waals surface area contributed by atoms with Crippen molar-refractivity contribution in [2.24, 2.45) is 0 Å². The molecular weight excluding hydrogens is 426 g/mol. The zero-order valence-corrected chi connectivity index (χ0v) is 19.6. The Bertz CT molecular complexity index is 1270. The molecule has 1 aliphatic rings. The van der Waals surface area contributed by atoms with Crippen LogP contribution in [-0.2, 0) is 13.0 Å². The number of carbonyl (C=O) groups is 1. The van der Waals surface area contributed by atoms with Gasteiger partial charge in [0.05, 0.1) is 0 Å². The average molecular weight is 456 g/mol. The van der Waals surface area contributed by atoms with Gasteiger partial charge in [-0.25, -0.2) is 4.98 Å². The lowest BCUT2D eigenvalue weighted by molar-refractivity contribution is 0.0993. The first-order chi connectivity index (χ1) is 16.5. The summed E-state index contributed by atoms with van der Waals surface area (Å²) in [5.41, 5.74) is 5.95. The van der Waals surface area contributed by atoms with Crippen molar-refractivity contribution in [1.29, 1.82) is 0 Å². The molecule has 2 aromatic carbocycles. The summed E-state index contributed by atoms with van der Waals surface area (Å²) in [6.45, 7) is 4.81. The molecule has 1 N–H and O–H groups in total. The molecule has 4 aromatic rings. The van der Waals surface area contributed by atoms with Crippen LogP contribution in [-0.4, -0.2) is 60.9 Å². The molecule has 0 radical (unpaired) electrons. The average Bonchev–Trinajstić information content (AvgIpc) is 3.29. The maximum absolute atomic E-state index is 13.2. The molecule has 174 valence electrons. The Kier molecular flexibility index (Phi) is 6.38. The molecule has 0 atom stereocenters. The van der Waals surface area contributed by atoms with Gasteiger partial charge in [0.2, 0.25) is 5.89 Å². The van der Waals surface area contributed by atoms with Gasteiger partial charge < -0.3 is 14.6 Å². The Morgan fingerprint density at radius 2 is 1.88 bits per heavy atom. The van der Waals surface area contributed by atoms with Gasteiger partial charge in [0.25, 0.3) is 0 Å². The second-order valence-corrected chi connectivity index (χ2v) is 8.95. The van der Waals surface area contributed by atoms with E-state index in [1.807, 2.05) is 61.5 Å². The fourth-order valence-corrected chi connectivity index (χ4v) is 4.34. The Morgan fingerprint density at radius 1 is 1.06 bits per heavy atom. The van der Waals surface area contributed by atoms with Gasteiger partial charge in [-0.1, -0.05) is 18.2 Å². The molecule has 7 heteroatoms. The molecule has 1 saturated heterocycles. The Balaban J connectivity index is 1.47. The molecule has 0 aliphatic carbocycles. The standard InChI is InChI=1S/C27H29N5O2/c1-31(2)23-6-3-5-21(17-23)24(33)16-19-13-20(18-32-11-9-28-10-12-32)15-22(14-19)27-30-26-25(34-27)7-4-8-29-26/h3-8,13-15,17,28H,9-12,16,18H2,1-2H3. The van der Waals surface area contributed by atoms with E-state index in [0.29, 0.717) is 29.1 Å². The predicted molar refractivity (Wildman–Crippen MR) is 134 cm³/mol. The minimum absolute atomic E-state index is 0.0909. The van der Waals surface area contributed by atoms with E-state index in [1.165, 1.54) is 0 Å². The zero-order valence-electron chi connectivity index (χ0n) is 19.6. The van der Waals surface area contributed by atoms with Crippen LogP contribution in [0.1, 0.15) is 21.5 Å². The van der Waals surface area contributed by atoms with Gasteiger partial charge in [-0.3, -0.25) is 9.69 Å². The summed E-state index contributed by atoms with van der Waals surface area (Å²) in [6, 6.07) is 17.7. The number of benzene rings is 2. The minimum Gasteiger partial charge on any atom is -0.434 e.